The molecule has 1 spiro atoms. The number of hydrogen-bond acceptors (Lipinski definition) is 7. The van der Waals surface area contributed by atoms with E-state index in [4.69, 9.17) is 9.47 Å². The lowest BCUT2D eigenvalue weighted by Crippen LogP contribution is -2.59. The van der Waals surface area contributed by atoms with Crippen LogP contribution in [0.1, 0.15) is 66.7 Å². The van der Waals surface area contributed by atoms with Crippen molar-refractivity contribution < 1.29 is 29.0 Å². The van der Waals surface area contributed by atoms with Crippen LogP contribution >= 0.6 is 0 Å². The number of aliphatic hydroxyl groups excluding tert-OH is 1. The molecule has 2 unspecified atom stereocenters. The van der Waals surface area contributed by atoms with Crippen LogP contribution in [0.2, 0.25) is 0 Å². The molecule has 0 saturated carbocycles. The van der Waals surface area contributed by atoms with Gasteiger partial charge in [-0.15, -0.1) is 13.2 Å². The van der Waals surface area contributed by atoms with Crippen LogP contribution in [0.4, 0.5) is 11.4 Å². The van der Waals surface area contributed by atoms with E-state index in [1.54, 1.807) is 22.0 Å². The van der Waals surface area contributed by atoms with Gasteiger partial charge < -0.3 is 29.3 Å². The van der Waals surface area contributed by atoms with E-state index in [0.29, 0.717) is 37.8 Å². The summed E-state index contributed by atoms with van der Waals surface area (Å²) in [6, 6.07) is 6.21. The van der Waals surface area contributed by atoms with E-state index >= 15 is 0 Å². The summed E-state index contributed by atoms with van der Waals surface area (Å²) in [6.45, 7) is 19.6. The zero-order chi connectivity index (χ0) is 32.2. The van der Waals surface area contributed by atoms with Crippen LogP contribution in [0.5, 0.6) is 0 Å². The Morgan fingerprint density at radius 3 is 2.36 bits per heavy atom. The molecule has 1 aromatic rings. The van der Waals surface area contributed by atoms with Gasteiger partial charge in [0.05, 0.1) is 30.8 Å². The molecular formula is C35H51N3O6. The first kappa shape index (κ1) is 33.7. The maximum Gasteiger partial charge on any atom is 0.312 e. The molecule has 0 aliphatic carbocycles. The number of ether oxygens (including phenoxy) is 2. The quantitative estimate of drug-likeness (QED) is 0.164. The highest BCUT2D eigenvalue weighted by molar-refractivity contribution is 6.05. The minimum Gasteiger partial charge on any atom is -0.465 e. The van der Waals surface area contributed by atoms with Crippen molar-refractivity contribution in [2.24, 2.45) is 17.8 Å². The maximum absolute atomic E-state index is 14.9. The molecule has 3 fully saturated rings. The predicted molar refractivity (Wildman–Crippen MR) is 172 cm³/mol. The van der Waals surface area contributed by atoms with Crippen LogP contribution < -0.4 is 9.80 Å². The van der Waals surface area contributed by atoms with E-state index in [-0.39, 0.29) is 37.5 Å². The number of benzene rings is 1. The average Bonchev–Trinajstić information content (AvgIpc) is 3.58. The van der Waals surface area contributed by atoms with E-state index in [2.05, 4.69) is 31.9 Å². The molecule has 3 aliphatic heterocycles. The molecule has 0 aromatic heterocycles. The number of nitrogens with zero attached hydrogens (tertiary/aromatic N) is 3. The largest absolute Gasteiger partial charge is 0.465 e. The van der Waals surface area contributed by atoms with Gasteiger partial charge in [0, 0.05) is 31.0 Å². The summed E-state index contributed by atoms with van der Waals surface area (Å²) in [6.07, 6.45) is 6.27. The molecule has 1 aromatic carbocycles. The van der Waals surface area contributed by atoms with Crippen LogP contribution in [0.25, 0.3) is 0 Å². The van der Waals surface area contributed by atoms with Gasteiger partial charge in [0.25, 0.3) is 5.91 Å². The molecule has 242 valence electrons. The number of aliphatic hydroxyl groups is 1. The first-order valence-corrected chi connectivity index (χ1v) is 16.2. The molecule has 3 aliphatic rings. The molecule has 3 saturated heterocycles. The van der Waals surface area contributed by atoms with Crippen LogP contribution in [-0.2, 0) is 23.9 Å². The third kappa shape index (κ3) is 5.93. The Balaban J connectivity index is 1.77. The van der Waals surface area contributed by atoms with E-state index in [0.717, 1.165) is 18.8 Å². The smallest absolute Gasteiger partial charge is 0.312 e. The fourth-order valence-corrected chi connectivity index (χ4v) is 7.74. The molecule has 1 N–H and O–H groups in total. The van der Waals surface area contributed by atoms with Crippen LogP contribution in [-0.4, -0.2) is 83.9 Å². The standard InChI is InChI=1S/C35H51N3O6/c1-8-12-13-21-43-33(42)29-28-31(40)38(27(23-39)22-24(5)6)30(35(28)19-18-34(29,7)44-35)32(41)37(20-9-2)26-16-14-25(15-17-26)36(10-3)11-4/h8-9,14-17,24,27-30,39H,1-2,10-13,18-23H2,3-7H3/t27-,28+,29-,30?,34+,35?/m1/s1. The minimum absolute atomic E-state index is 0.158. The predicted octanol–water partition coefficient (Wildman–Crippen LogP) is 4.73. The van der Waals surface area contributed by atoms with Crippen LogP contribution in [0, 0.1) is 17.8 Å². The topological polar surface area (TPSA) is 99.6 Å². The molecular weight excluding hydrogens is 558 g/mol. The Bertz CT molecular complexity index is 1210. The second-order valence-corrected chi connectivity index (χ2v) is 13.0. The van der Waals surface area contributed by atoms with Crippen molar-refractivity contribution in [3.63, 3.8) is 0 Å². The van der Waals surface area contributed by atoms with Crippen molar-refractivity contribution in [3.8, 4) is 0 Å². The van der Waals surface area contributed by atoms with Crippen molar-refractivity contribution in [1.29, 1.82) is 0 Å². The molecule has 2 amide bonds. The van der Waals surface area contributed by atoms with Crippen molar-refractivity contribution in [1.82, 2.24) is 4.90 Å². The molecule has 0 radical (unpaired) electrons. The highest BCUT2D eigenvalue weighted by Crippen LogP contribution is 2.64. The van der Waals surface area contributed by atoms with E-state index in [9.17, 15) is 19.5 Å². The number of rotatable bonds is 16. The Kier molecular flexibility index (Phi) is 10.6. The Hall–Kier alpha value is -3.17. The summed E-state index contributed by atoms with van der Waals surface area (Å²) in [5.41, 5.74) is -0.404. The zero-order valence-electron chi connectivity index (χ0n) is 27.2. The maximum atomic E-state index is 14.9. The van der Waals surface area contributed by atoms with Gasteiger partial charge in [0.1, 0.15) is 17.6 Å². The summed E-state index contributed by atoms with van der Waals surface area (Å²) >= 11 is 0. The van der Waals surface area contributed by atoms with Crippen LogP contribution in [0.15, 0.2) is 49.6 Å². The summed E-state index contributed by atoms with van der Waals surface area (Å²) in [5.74, 6) is -2.65. The first-order chi connectivity index (χ1) is 21.0. The SMILES string of the molecule is C=CCCCOC(=O)[C@H]1[C@H]2C(=O)N([C@@H](CO)CC(C)C)C(C(=O)N(CC=C)c3ccc(N(CC)CC)cc3)C23CC[C@]1(C)O3. The lowest BCUT2D eigenvalue weighted by atomic mass is 9.66. The number of amides is 2. The van der Waals surface area contributed by atoms with E-state index in [1.165, 1.54) is 0 Å². The summed E-state index contributed by atoms with van der Waals surface area (Å²) in [7, 11) is 0. The van der Waals surface area contributed by atoms with E-state index < -0.39 is 41.1 Å². The second-order valence-electron chi connectivity index (χ2n) is 13.0. The fraction of sp³-hybridized carbons (Fsp3) is 0.629. The molecule has 9 nitrogen and oxygen atoms in total. The minimum atomic E-state index is -1.21. The Morgan fingerprint density at radius 1 is 1.14 bits per heavy atom. The number of allylic oxidation sites excluding steroid dienone is 1. The molecule has 4 rings (SSSR count). The molecule has 6 atom stereocenters. The fourth-order valence-electron chi connectivity index (χ4n) is 7.74. The van der Waals surface area contributed by atoms with Gasteiger partial charge in [-0.2, -0.15) is 0 Å². The lowest BCUT2D eigenvalue weighted by Gasteiger charge is -2.40. The molecule has 3 heterocycles. The number of likely N-dealkylation sites (tertiary alicyclic amines) is 1. The van der Waals surface area contributed by atoms with Gasteiger partial charge in [-0.05, 0) is 83.1 Å². The van der Waals surface area contributed by atoms with Gasteiger partial charge in [-0.25, -0.2) is 0 Å². The number of carbonyl (C=O) groups excluding carboxylic acids is 3. The van der Waals surface area contributed by atoms with Crippen molar-refractivity contribution in [3.05, 3.63) is 49.6 Å². The number of esters is 1. The molecule has 44 heavy (non-hydrogen) atoms. The number of anilines is 2. The number of carbonyl (C=O) groups is 3. The Labute approximate surface area is 262 Å². The number of fused-ring (bicyclic) bond motifs is 1. The zero-order valence-corrected chi connectivity index (χ0v) is 27.2. The lowest BCUT2D eigenvalue weighted by molar-refractivity contribution is -0.160. The van der Waals surface area contributed by atoms with Crippen molar-refractivity contribution in [2.45, 2.75) is 90.0 Å². The number of hydrogen-bond donors (Lipinski definition) is 1. The van der Waals surface area contributed by atoms with E-state index in [1.807, 2.05) is 45.0 Å². The molecule has 9 heteroatoms. The Morgan fingerprint density at radius 2 is 1.80 bits per heavy atom. The second kappa shape index (κ2) is 13.9. The van der Waals surface area contributed by atoms with Gasteiger partial charge in [0.15, 0.2) is 0 Å². The van der Waals surface area contributed by atoms with Gasteiger partial charge >= 0.3 is 5.97 Å². The highest BCUT2D eigenvalue weighted by atomic mass is 16.6. The first-order valence-electron chi connectivity index (χ1n) is 16.2. The highest BCUT2D eigenvalue weighted by Gasteiger charge is 2.79. The monoisotopic (exact) mass is 609 g/mol. The average molecular weight is 610 g/mol. The van der Waals surface area contributed by atoms with Gasteiger partial charge in [-0.3, -0.25) is 14.4 Å². The van der Waals surface area contributed by atoms with Gasteiger partial charge in [-0.1, -0.05) is 26.0 Å². The third-order valence-electron chi connectivity index (χ3n) is 9.71. The van der Waals surface area contributed by atoms with Crippen molar-refractivity contribution in [2.75, 3.05) is 42.6 Å². The van der Waals surface area contributed by atoms with Gasteiger partial charge in [0.2, 0.25) is 5.91 Å². The molecule has 2 bridgehead atoms. The third-order valence-corrected chi connectivity index (χ3v) is 9.71. The normalized spacial score (nSPS) is 27.8. The van der Waals surface area contributed by atoms with Crippen molar-refractivity contribution >= 4 is 29.2 Å². The summed E-state index contributed by atoms with van der Waals surface area (Å²) < 4.78 is 12.5. The number of unbranched alkanes of at least 4 members (excludes halogenated alkanes) is 1. The summed E-state index contributed by atoms with van der Waals surface area (Å²) in [5, 5.41) is 10.6. The van der Waals surface area contributed by atoms with Crippen LogP contribution in [0.3, 0.4) is 0 Å². The summed E-state index contributed by atoms with van der Waals surface area (Å²) in [4.78, 5) is 48.4.